The van der Waals surface area contributed by atoms with E-state index in [0.29, 0.717) is 0 Å². The van der Waals surface area contributed by atoms with Crippen molar-refractivity contribution in [1.82, 2.24) is 0 Å². The zero-order valence-electron chi connectivity index (χ0n) is 8.18. The van der Waals surface area contributed by atoms with Crippen LogP contribution in [0.15, 0.2) is 0 Å². The molecule has 13 heavy (non-hydrogen) atoms. The van der Waals surface area contributed by atoms with Crippen LogP contribution < -0.4 is 0 Å². The molecule has 0 rings (SSSR count). The average Bonchev–Trinajstić information content (AvgIpc) is 2.05. The number of halogens is 2. The third-order valence-corrected chi connectivity index (χ3v) is 1.57. The first kappa shape index (κ1) is 13.1. The molecule has 0 saturated carbocycles. The highest BCUT2D eigenvalue weighted by atomic mass is 35.5. The van der Waals surface area contributed by atoms with Gasteiger partial charge in [0.2, 0.25) is 0 Å². The summed E-state index contributed by atoms with van der Waals surface area (Å²) < 4.78 is 28.0. The standard InChI is InChI=1S/C8H16ClFO3/c1-4-11-8(7(9)10,12-5-2)13-6-3/h7H,4-6H2,1-3H3. The summed E-state index contributed by atoms with van der Waals surface area (Å²) in [5, 5.41) is 0. The SMILES string of the molecule is CCOC(OCC)(OCC)C(F)Cl. The maximum absolute atomic E-state index is 13.0. The Morgan fingerprint density at radius 1 is 1.08 bits per heavy atom. The fourth-order valence-corrected chi connectivity index (χ4v) is 1.11. The van der Waals surface area contributed by atoms with Crippen LogP contribution in [0.5, 0.6) is 0 Å². The second-order valence-corrected chi connectivity index (χ2v) is 2.59. The predicted molar refractivity (Wildman–Crippen MR) is 48.4 cm³/mol. The van der Waals surface area contributed by atoms with Crippen LogP contribution in [0, 0.1) is 0 Å². The van der Waals surface area contributed by atoms with E-state index in [4.69, 9.17) is 25.8 Å². The molecule has 80 valence electrons. The number of hydrogen-bond donors (Lipinski definition) is 0. The van der Waals surface area contributed by atoms with Crippen LogP contribution in [0.3, 0.4) is 0 Å². The largest absolute Gasteiger partial charge is 0.331 e. The monoisotopic (exact) mass is 214 g/mol. The van der Waals surface area contributed by atoms with E-state index in [2.05, 4.69) is 0 Å². The maximum atomic E-state index is 13.0. The molecule has 0 saturated heterocycles. The third kappa shape index (κ3) is 3.77. The number of hydrogen-bond acceptors (Lipinski definition) is 3. The average molecular weight is 215 g/mol. The van der Waals surface area contributed by atoms with Crippen molar-refractivity contribution in [1.29, 1.82) is 0 Å². The lowest BCUT2D eigenvalue weighted by Gasteiger charge is -2.31. The lowest BCUT2D eigenvalue weighted by atomic mass is 10.5. The first-order chi connectivity index (χ1) is 6.13. The fourth-order valence-electron chi connectivity index (χ4n) is 0.918. The van der Waals surface area contributed by atoms with Crippen LogP contribution in [0.4, 0.5) is 4.39 Å². The van der Waals surface area contributed by atoms with Gasteiger partial charge >= 0.3 is 5.97 Å². The molecule has 0 amide bonds. The number of ether oxygens (including phenoxy) is 3. The Morgan fingerprint density at radius 2 is 1.38 bits per heavy atom. The van der Waals surface area contributed by atoms with Gasteiger partial charge in [-0.3, -0.25) is 0 Å². The molecule has 0 radical (unpaired) electrons. The van der Waals surface area contributed by atoms with E-state index >= 15 is 0 Å². The van der Waals surface area contributed by atoms with Crippen LogP contribution in [-0.2, 0) is 14.2 Å². The van der Waals surface area contributed by atoms with Crippen molar-refractivity contribution in [3.63, 3.8) is 0 Å². The van der Waals surface area contributed by atoms with Crippen molar-refractivity contribution in [2.75, 3.05) is 19.8 Å². The Bertz CT molecular complexity index is 116. The highest BCUT2D eigenvalue weighted by Crippen LogP contribution is 2.25. The molecule has 0 heterocycles. The molecule has 0 aromatic rings. The van der Waals surface area contributed by atoms with E-state index in [1.165, 1.54) is 0 Å². The van der Waals surface area contributed by atoms with Crippen LogP contribution in [0.1, 0.15) is 20.8 Å². The van der Waals surface area contributed by atoms with E-state index in [1.54, 1.807) is 20.8 Å². The first-order valence-corrected chi connectivity index (χ1v) is 4.76. The van der Waals surface area contributed by atoms with E-state index in [9.17, 15) is 4.39 Å². The summed E-state index contributed by atoms with van der Waals surface area (Å²) in [6.45, 7) is 5.96. The minimum absolute atomic E-state index is 0.271. The summed E-state index contributed by atoms with van der Waals surface area (Å²) in [5.41, 5.74) is -1.84. The Morgan fingerprint density at radius 3 is 1.54 bits per heavy atom. The number of alkyl halides is 2. The second-order valence-electron chi connectivity index (χ2n) is 2.20. The van der Waals surface area contributed by atoms with Crippen molar-refractivity contribution >= 4 is 11.6 Å². The van der Waals surface area contributed by atoms with Crippen molar-refractivity contribution < 1.29 is 18.6 Å². The van der Waals surface area contributed by atoms with Gasteiger partial charge in [-0.2, -0.15) is 0 Å². The first-order valence-electron chi connectivity index (χ1n) is 4.32. The highest BCUT2D eigenvalue weighted by Gasteiger charge is 2.41. The van der Waals surface area contributed by atoms with E-state index in [0.717, 1.165) is 0 Å². The molecule has 0 spiro atoms. The van der Waals surface area contributed by atoms with Crippen LogP contribution in [-0.4, -0.2) is 31.4 Å². The van der Waals surface area contributed by atoms with Gasteiger partial charge in [0.05, 0.1) is 0 Å². The van der Waals surface area contributed by atoms with Gasteiger partial charge in [0.15, 0.2) is 0 Å². The zero-order valence-corrected chi connectivity index (χ0v) is 8.94. The van der Waals surface area contributed by atoms with Crippen molar-refractivity contribution in [3.05, 3.63) is 0 Å². The minimum Gasteiger partial charge on any atom is -0.324 e. The summed E-state index contributed by atoms with van der Waals surface area (Å²) >= 11 is 5.30. The molecule has 0 bridgehead atoms. The normalized spacial score (nSPS) is 14.5. The topological polar surface area (TPSA) is 27.7 Å². The zero-order chi connectivity index (χ0) is 10.3. The molecule has 0 aromatic heterocycles. The van der Waals surface area contributed by atoms with E-state index < -0.39 is 11.6 Å². The van der Waals surface area contributed by atoms with Crippen LogP contribution in [0.25, 0.3) is 0 Å². The van der Waals surface area contributed by atoms with Crippen molar-refractivity contribution in [3.8, 4) is 0 Å². The molecule has 0 fully saturated rings. The van der Waals surface area contributed by atoms with Crippen molar-refractivity contribution in [2.24, 2.45) is 0 Å². The van der Waals surface area contributed by atoms with Gasteiger partial charge in [-0.15, -0.1) is 0 Å². The second kappa shape index (κ2) is 6.54. The Labute approximate surface area is 83.1 Å². The fraction of sp³-hybridized carbons (Fsp3) is 1.00. The molecule has 1 atom stereocenters. The summed E-state index contributed by atoms with van der Waals surface area (Å²) in [7, 11) is 0. The predicted octanol–water partition coefficient (Wildman–Crippen LogP) is 2.28. The summed E-state index contributed by atoms with van der Waals surface area (Å²) in [4.78, 5) is 0. The summed E-state index contributed by atoms with van der Waals surface area (Å²) in [5.74, 6) is -1.75. The molecule has 0 aliphatic rings. The van der Waals surface area contributed by atoms with Crippen LogP contribution >= 0.6 is 11.6 Å². The van der Waals surface area contributed by atoms with Crippen molar-refractivity contribution in [2.45, 2.75) is 32.4 Å². The smallest absolute Gasteiger partial charge is 0.324 e. The van der Waals surface area contributed by atoms with Gasteiger partial charge in [0.25, 0.3) is 5.63 Å². The molecule has 0 aromatic carbocycles. The Kier molecular flexibility index (Phi) is 6.59. The van der Waals surface area contributed by atoms with Gasteiger partial charge < -0.3 is 14.2 Å². The van der Waals surface area contributed by atoms with Gasteiger partial charge in [0.1, 0.15) is 0 Å². The van der Waals surface area contributed by atoms with E-state index in [1.807, 2.05) is 0 Å². The summed E-state index contributed by atoms with van der Waals surface area (Å²) in [6.07, 6.45) is 0. The lowest BCUT2D eigenvalue weighted by molar-refractivity contribution is -0.388. The summed E-state index contributed by atoms with van der Waals surface area (Å²) in [6, 6.07) is 0. The number of rotatable bonds is 7. The van der Waals surface area contributed by atoms with E-state index in [-0.39, 0.29) is 19.8 Å². The van der Waals surface area contributed by atoms with Gasteiger partial charge in [-0.25, -0.2) is 4.39 Å². The van der Waals surface area contributed by atoms with Crippen LogP contribution in [0.2, 0.25) is 0 Å². The quantitative estimate of drug-likeness (QED) is 0.481. The molecule has 0 N–H and O–H groups in total. The molecule has 5 heteroatoms. The molecule has 0 aliphatic heterocycles. The molecular formula is C8H16ClFO3. The highest BCUT2D eigenvalue weighted by molar-refractivity contribution is 6.20. The van der Waals surface area contributed by atoms with Gasteiger partial charge in [-0.05, 0) is 20.8 Å². The lowest BCUT2D eigenvalue weighted by Crippen LogP contribution is -2.45. The molecule has 1 unspecified atom stereocenters. The third-order valence-electron chi connectivity index (χ3n) is 1.30. The minimum atomic E-state index is -1.84. The maximum Gasteiger partial charge on any atom is 0.331 e. The molecule has 0 aliphatic carbocycles. The molecule has 3 nitrogen and oxygen atoms in total. The Balaban J connectivity index is 4.38. The molecular weight excluding hydrogens is 199 g/mol. The van der Waals surface area contributed by atoms with Gasteiger partial charge in [0, 0.05) is 19.8 Å². The Hall–Kier alpha value is 0.100. The van der Waals surface area contributed by atoms with Gasteiger partial charge in [-0.1, -0.05) is 11.6 Å².